The van der Waals surface area contributed by atoms with Gasteiger partial charge < -0.3 is 20.3 Å². The minimum atomic E-state index is -0.858. The third kappa shape index (κ3) is 45.1. The highest BCUT2D eigenvalue weighted by molar-refractivity contribution is 5.76. The molecule has 2 atom stereocenters. The van der Waals surface area contributed by atoms with Crippen molar-refractivity contribution in [3.8, 4) is 0 Å². The van der Waals surface area contributed by atoms with Crippen LogP contribution in [-0.2, 0) is 14.3 Å². The van der Waals surface area contributed by atoms with Gasteiger partial charge in [0.15, 0.2) is 0 Å². The number of allylic oxidation sites excluding steroid dienone is 9. The second-order valence-corrected chi connectivity index (χ2v) is 17.2. The minimum absolute atomic E-state index is 0.0317. The van der Waals surface area contributed by atoms with Crippen molar-refractivity contribution in [2.24, 2.45) is 0 Å². The molecule has 3 N–H and O–H groups in total. The lowest BCUT2D eigenvalue weighted by Gasteiger charge is -2.20. The van der Waals surface area contributed by atoms with Gasteiger partial charge in [-0.3, -0.25) is 9.59 Å². The minimum Gasteiger partial charge on any atom is -0.466 e. The first-order valence-electron chi connectivity index (χ1n) is 25.6. The molecule has 2 unspecified atom stereocenters. The van der Waals surface area contributed by atoms with Gasteiger partial charge >= 0.3 is 5.97 Å². The van der Waals surface area contributed by atoms with Crippen molar-refractivity contribution < 1.29 is 24.5 Å². The van der Waals surface area contributed by atoms with Gasteiger partial charge in [0.05, 0.1) is 25.4 Å². The van der Waals surface area contributed by atoms with E-state index in [1.807, 2.05) is 6.08 Å². The second kappa shape index (κ2) is 49.2. The monoisotopic (exact) mass is 840 g/mol. The summed E-state index contributed by atoms with van der Waals surface area (Å²) >= 11 is 0. The first kappa shape index (κ1) is 57.6. The molecule has 6 heteroatoms. The van der Waals surface area contributed by atoms with E-state index in [4.69, 9.17) is 4.74 Å². The molecule has 0 aromatic carbocycles. The Balaban J connectivity index is 3.54. The molecule has 0 aliphatic rings. The van der Waals surface area contributed by atoms with E-state index in [0.29, 0.717) is 19.4 Å². The largest absolute Gasteiger partial charge is 0.466 e. The molecule has 0 heterocycles. The highest BCUT2D eigenvalue weighted by Gasteiger charge is 2.18. The molecule has 6 nitrogen and oxygen atoms in total. The Morgan fingerprint density at radius 1 is 0.483 bits per heavy atom. The summed E-state index contributed by atoms with van der Waals surface area (Å²) in [6.07, 6.45) is 62.2. The number of hydrogen-bond acceptors (Lipinski definition) is 5. The molecular formula is C54H97NO5. The molecule has 0 aromatic heterocycles. The van der Waals surface area contributed by atoms with Crippen LogP contribution in [0.3, 0.4) is 0 Å². The smallest absolute Gasteiger partial charge is 0.305 e. The molecule has 0 spiro atoms. The number of unbranched alkanes of at least 4 members (excludes halogenated alkanes) is 28. The van der Waals surface area contributed by atoms with Crippen LogP contribution in [0.25, 0.3) is 0 Å². The summed E-state index contributed by atoms with van der Waals surface area (Å²) in [5, 5.41) is 22.9. The standard InChI is InChI=1S/C54H97NO5/c1-3-5-7-9-11-13-15-16-17-18-19-22-25-28-32-36-40-44-48-54(59)60-49-45-41-37-33-29-26-23-20-21-24-27-31-35-39-43-47-53(58)55-51(50-56)52(57)46-42-38-34-30-14-12-10-8-6-4-2/h13,15,17-18,20,23,26,29,42,46,51-52,56-57H,3-12,14,16,19,21-22,24-25,27-28,30-41,43-45,47-50H2,1-2H3,(H,55,58)/b15-13-,18-17-,23-20-,29-26-,46-42+. The molecule has 1 amide bonds. The van der Waals surface area contributed by atoms with Crippen molar-refractivity contribution >= 4 is 11.9 Å². The maximum Gasteiger partial charge on any atom is 0.305 e. The van der Waals surface area contributed by atoms with Crippen molar-refractivity contribution in [3.05, 3.63) is 60.8 Å². The van der Waals surface area contributed by atoms with Crippen LogP contribution in [0.15, 0.2) is 60.8 Å². The Hall–Kier alpha value is -2.44. The van der Waals surface area contributed by atoms with Crippen molar-refractivity contribution in [3.63, 3.8) is 0 Å². The maximum absolute atomic E-state index is 12.4. The topological polar surface area (TPSA) is 95.9 Å². The number of amides is 1. The Morgan fingerprint density at radius 2 is 0.883 bits per heavy atom. The van der Waals surface area contributed by atoms with Gasteiger partial charge in [-0.15, -0.1) is 0 Å². The average molecular weight is 840 g/mol. The van der Waals surface area contributed by atoms with Crippen LogP contribution in [0.5, 0.6) is 0 Å². The highest BCUT2D eigenvalue weighted by Crippen LogP contribution is 2.13. The van der Waals surface area contributed by atoms with E-state index < -0.39 is 12.1 Å². The first-order valence-corrected chi connectivity index (χ1v) is 25.6. The zero-order valence-electron chi connectivity index (χ0n) is 39.4. The van der Waals surface area contributed by atoms with Gasteiger partial charge in [-0.2, -0.15) is 0 Å². The van der Waals surface area contributed by atoms with Gasteiger partial charge in [-0.05, 0) is 96.3 Å². The van der Waals surface area contributed by atoms with Crippen molar-refractivity contribution in [1.29, 1.82) is 0 Å². The van der Waals surface area contributed by atoms with Gasteiger partial charge in [0.2, 0.25) is 5.91 Å². The Kier molecular flexibility index (Phi) is 47.2. The molecular weight excluding hydrogens is 743 g/mol. The van der Waals surface area contributed by atoms with Crippen molar-refractivity contribution in [1.82, 2.24) is 5.32 Å². The van der Waals surface area contributed by atoms with E-state index in [1.54, 1.807) is 6.08 Å². The number of carbonyl (C=O) groups excluding carboxylic acids is 2. The average Bonchev–Trinajstić information content (AvgIpc) is 3.25. The van der Waals surface area contributed by atoms with Crippen LogP contribution in [0.1, 0.15) is 245 Å². The SMILES string of the molecule is CCCCCC/C=C\C/C=C\CCCCCCCCCC(=O)OCCCCC/C=C\C=C/CCCCCCCCC(=O)NC(CO)C(O)/C=C/CCCCCCCCCC. The summed E-state index contributed by atoms with van der Waals surface area (Å²) in [5.41, 5.74) is 0. The Bertz CT molecular complexity index is 1060. The quantitative estimate of drug-likeness (QED) is 0.0246. The Morgan fingerprint density at radius 3 is 1.38 bits per heavy atom. The number of aliphatic hydroxyl groups is 2. The van der Waals surface area contributed by atoms with E-state index in [2.05, 4.69) is 67.8 Å². The molecule has 0 radical (unpaired) electrons. The predicted molar refractivity (Wildman–Crippen MR) is 259 cm³/mol. The maximum atomic E-state index is 12.4. The summed E-state index contributed by atoms with van der Waals surface area (Å²) in [4.78, 5) is 24.4. The molecule has 0 aliphatic heterocycles. The molecule has 348 valence electrons. The van der Waals surface area contributed by atoms with Crippen LogP contribution >= 0.6 is 0 Å². The number of hydrogen-bond donors (Lipinski definition) is 3. The number of carbonyl (C=O) groups is 2. The van der Waals surface area contributed by atoms with Gasteiger partial charge in [0.25, 0.3) is 0 Å². The van der Waals surface area contributed by atoms with E-state index in [0.717, 1.165) is 83.5 Å². The summed E-state index contributed by atoms with van der Waals surface area (Å²) in [6, 6.07) is -0.644. The lowest BCUT2D eigenvalue weighted by atomic mass is 10.1. The fourth-order valence-electron chi connectivity index (χ4n) is 7.30. The zero-order chi connectivity index (χ0) is 43.7. The van der Waals surface area contributed by atoms with Crippen LogP contribution in [0.2, 0.25) is 0 Å². The molecule has 0 saturated heterocycles. The molecule has 0 bridgehead atoms. The molecule has 0 saturated carbocycles. The lowest BCUT2D eigenvalue weighted by molar-refractivity contribution is -0.143. The molecule has 0 rings (SSSR count). The third-order valence-electron chi connectivity index (χ3n) is 11.3. The number of aliphatic hydroxyl groups excluding tert-OH is 2. The molecule has 0 fully saturated rings. The van der Waals surface area contributed by atoms with E-state index in [1.165, 1.54) is 135 Å². The molecule has 0 aromatic rings. The van der Waals surface area contributed by atoms with E-state index in [9.17, 15) is 19.8 Å². The second-order valence-electron chi connectivity index (χ2n) is 17.2. The normalized spacial score (nSPS) is 13.2. The summed E-state index contributed by atoms with van der Waals surface area (Å²) in [5.74, 6) is -0.127. The predicted octanol–water partition coefficient (Wildman–Crippen LogP) is 15.2. The van der Waals surface area contributed by atoms with E-state index in [-0.39, 0.29) is 18.5 Å². The van der Waals surface area contributed by atoms with Gasteiger partial charge in [0.1, 0.15) is 0 Å². The highest BCUT2D eigenvalue weighted by atomic mass is 16.5. The lowest BCUT2D eigenvalue weighted by Crippen LogP contribution is -2.45. The molecule has 60 heavy (non-hydrogen) atoms. The van der Waals surface area contributed by atoms with Crippen LogP contribution in [0, 0.1) is 0 Å². The number of ether oxygens (including phenoxy) is 1. The summed E-state index contributed by atoms with van der Waals surface area (Å²) in [6.45, 7) is 4.79. The van der Waals surface area contributed by atoms with E-state index >= 15 is 0 Å². The van der Waals surface area contributed by atoms with Gasteiger partial charge in [0, 0.05) is 12.8 Å². The third-order valence-corrected chi connectivity index (χ3v) is 11.3. The fourth-order valence-corrected chi connectivity index (χ4v) is 7.30. The number of esters is 1. The van der Waals surface area contributed by atoms with Gasteiger partial charge in [-0.1, -0.05) is 197 Å². The molecule has 0 aliphatic carbocycles. The first-order chi connectivity index (χ1) is 29.5. The number of rotatable bonds is 46. The van der Waals surface area contributed by atoms with Crippen LogP contribution in [0.4, 0.5) is 0 Å². The van der Waals surface area contributed by atoms with Gasteiger partial charge in [-0.25, -0.2) is 0 Å². The summed E-state index contributed by atoms with van der Waals surface area (Å²) in [7, 11) is 0. The zero-order valence-corrected chi connectivity index (χ0v) is 39.4. The van der Waals surface area contributed by atoms with Crippen LogP contribution in [-0.4, -0.2) is 47.4 Å². The summed E-state index contributed by atoms with van der Waals surface area (Å²) < 4.78 is 5.44. The van der Waals surface area contributed by atoms with Crippen molar-refractivity contribution in [2.75, 3.05) is 13.2 Å². The van der Waals surface area contributed by atoms with Crippen molar-refractivity contribution in [2.45, 2.75) is 257 Å². The van der Waals surface area contributed by atoms with Crippen LogP contribution < -0.4 is 5.32 Å². The Labute approximate surface area is 371 Å². The number of nitrogens with one attached hydrogen (secondary N) is 1. The fraction of sp³-hybridized carbons (Fsp3) is 0.778.